The van der Waals surface area contributed by atoms with Crippen molar-refractivity contribution in [2.45, 2.75) is 38.8 Å². The van der Waals surface area contributed by atoms with Crippen molar-refractivity contribution in [3.63, 3.8) is 0 Å². The lowest BCUT2D eigenvalue weighted by Crippen LogP contribution is -2.36. The van der Waals surface area contributed by atoms with E-state index in [1.54, 1.807) is 0 Å². The van der Waals surface area contributed by atoms with Gasteiger partial charge in [0, 0.05) is 24.8 Å². The number of benzene rings is 1. The van der Waals surface area contributed by atoms with Gasteiger partial charge in [-0.1, -0.05) is 18.6 Å². The second-order valence-electron chi connectivity index (χ2n) is 7.44. The quantitative estimate of drug-likeness (QED) is 0.694. The Bertz CT molecular complexity index is 762. The minimum atomic E-state index is -0.533. The van der Waals surface area contributed by atoms with Gasteiger partial charge >= 0.3 is 5.97 Å². The van der Waals surface area contributed by atoms with Gasteiger partial charge in [0.25, 0.3) is 5.91 Å². The first-order valence-electron chi connectivity index (χ1n) is 9.85. The summed E-state index contributed by atoms with van der Waals surface area (Å²) in [6.07, 6.45) is 3.74. The number of β-amino-alcohol motifs (C(OH)–C–C–N with tert-alkyl or cyclic N) is 1. The van der Waals surface area contributed by atoms with E-state index in [1.807, 2.05) is 18.2 Å². The summed E-state index contributed by atoms with van der Waals surface area (Å²) in [6.45, 7) is 4.39. The molecule has 1 fully saturated rings. The number of nitrogens with zero attached hydrogens (tertiary/aromatic N) is 2. The predicted octanol–water partition coefficient (Wildman–Crippen LogP) is 1.73. The van der Waals surface area contributed by atoms with Crippen LogP contribution < -0.4 is 5.32 Å². The van der Waals surface area contributed by atoms with E-state index in [0.29, 0.717) is 6.04 Å². The highest BCUT2D eigenvalue weighted by Crippen LogP contribution is 2.24. The molecule has 7 nitrogen and oxygen atoms in total. The molecule has 1 amide bonds. The molecule has 7 heteroatoms. The monoisotopic (exact) mass is 387 g/mol. The van der Waals surface area contributed by atoms with Gasteiger partial charge in [-0.3, -0.25) is 9.69 Å². The Labute approximate surface area is 166 Å². The number of rotatable bonds is 7. The minimum absolute atomic E-state index is 0.138. The van der Waals surface area contributed by atoms with Crippen LogP contribution in [0.4, 0.5) is 5.69 Å². The van der Waals surface area contributed by atoms with Crippen LogP contribution >= 0.6 is 0 Å². The van der Waals surface area contributed by atoms with E-state index in [4.69, 9.17) is 9.84 Å². The molecule has 0 aromatic heterocycles. The van der Waals surface area contributed by atoms with Gasteiger partial charge in [-0.2, -0.15) is 0 Å². The highest BCUT2D eigenvalue weighted by atomic mass is 16.5. The summed E-state index contributed by atoms with van der Waals surface area (Å²) in [5, 5.41) is 12.3. The van der Waals surface area contributed by atoms with E-state index < -0.39 is 5.97 Å². The third-order valence-electron chi connectivity index (χ3n) is 5.48. The predicted molar refractivity (Wildman–Crippen MR) is 106 cm³/mol. The third kappa shape index (κ3) is 4.54. The van der Waals surface area contributed by atoms with Crippen LogP contribution in [0.25, 0.3) is 0 Å². The number of aliphatic hydroxyl groups is 1. The highest BCUT2D eigenvalue weighted by Gasteiger charge is 2.34. The van der Waals surface area contributed by atoms with Crippen LogP contribution in [-0.4, -0.2) is 66.2 Å². The summed E-state index contributed by atoms with van der Waals surface area (Å²) in [5.74, 6) is -0.834. The molecule has 1 atom stereocenters. The van der Waals surface area contributed by atoms with Crippen molar-refractivity contribution in [1.29, 1.82) is 0 Å². The standard InChI is InChI=1S/C21H29N3O4/c1-15-6-3-4-9-23(15)13-16-7-5-8-17(12-16)22-19-18(21(27)28-2)14-24(10-11-25)20(19)26/h5,7-8,12,15,22,25H,3-4,6,9-11,13-14H2,1-2H3. The molecular formula is C21H29N3O4. The lowest BCUT2D eigenvalue weighted by atomic mass is 10.0. The number of carbonyl (C=O) groups excluding carboxylic acids is 2. The summed E-state index contributed by atoms with van der Waals surface area (Å²) >= 11 is 0. The average molecular weight is 387 g/mol. The van der Waals surface area contributed by atoms with Crippen molar-refractivity contribution in [3.05, 3.63) is 41.1 Å². The summed E-state index contributed by atoms with van der Waals surface area (Å²) in [7, 11) is 1.30. The van der Waals surface area contributed by atoms with Crippen LogP contribution in [0.2, 0.25) is 0 Å². The lowest BCUT2D eigenvalue weighted by Gasteiger charge is -2.33. The molecule has 0 spiro atoms. The van der Waals surface area contributed by atoms with Crippen molar-refractivity contribution < 1.29 is 19.4 Å². The van der Waals surface area contributed by atoms with Gasteiger partial charge in [0.1, 0.15) is 5.70 Å². The zero-order valence-electron chi connectivity index (χ0n) is 16.6. The fourth-order valence-corrected chi connectivity index (χ4v) is 3.87. The number of esters is 1. The molecular weight excluding hydrogens is 358 g/mol. The van der Waals surface area contributed by atoms with E-state index in [2.05, 4.69) is 23.2 Å². The Morgan fingerprint density at radius 2 is 2.18 bits per heavy atom. The fraction of sp³-hybridized carbons (Fsp3) is 0.524. The lowest BCUT2D eigenvalue weighted by molar-refractivity contribution is -0.136. The van der Waals surface area contributed by atoms with Gasteiger partial charge in [-0.15, -0.1) is 0 Å². The van der Waals surface area contributed by atoms with Crippen LogP contribution in [0.5, 0.6) is 0 Å². The number of carbonyl (C=O) groups is 2. The molecule has 2 N–H and O–H groups in total. The molecule has 0 bridgehead atoms. The normalized spacial score (nSPS) is 20.6. The number of methoxy groups -OCH3 is 1. The van der Waals surface area contributed by atoms with Crippen molar-refractivity contribution in [2.75, 3.05) is 38.7 Å². The zero-order valence-corrected chi connectivity index (χ0v) is 16.6. The Balaban J connectivity index is 1.77. The van der Waals surface area contributed by atoms with Crippen molar-refractivity contribution in [1.82, 2.24) is 9.80 Å². The molecule has 1 aromatic carbocycles. The molecule has 152 valence electrons. The van der Waals surface area contributed by atoms with Crippen molar-refractivity contribution in [3.8, 4) is 0 Å². The molecule has 3 rings (SSSR count). The third-order valence-corrected chi connectivity index (χ3v) is 5.48. The first kappa shape index (κ1) is 20.4. The Kier molecular flexibility index (Phi) is 6.70. The van der Waals surface area contributed by atoms with Crippen LogP contribution in [0, 0.1) is 0 Å². The van der Waals surface area contributed by atoms with E-state index in [0.717, 1.165) is 24.3 Å². The summed E-state index contributed by atoms with van der Waals surface area (Å²) in [5.41, 5.74) is 2.44. The molecule has 2 aliphatic heterocycles. The van der Waals surface area contributed by atoms with Gasteiger partial charge in [0.05, 0.1) is 25.8 Å². The molecule has 1 saturated heterocycles. The SMILES string of the molecule is COC(=O)C1=C(Nc2cccc(CN3CCCCC3C)c2)C(=O)N(CCO)C1. The molecule has 2 aliphatic rings. The van der Waals surface area contributed by atoms with Gasteiger partial charge in [-0.05, 0) is 44.0 Å². The molecule has 1 unspecified atom stereocenters. The highest BCUT2D eigenvalue weighted by molar-refractivity contribution is 6.08. The fourth-order valence-electron chi connectivity index (χ4n) is 3.87. The van der Waals surface area contributed by atoms with E-state index in [1.165, 1.54) is 31.3 Å². The topological polar surface area (TPSA) is 82.1 Å². The molecule has 28 heavy (non-hydrogen) atoms. The summed E-state index contributed by atoms with van der Waals surface area (Å²) < 4.78 is 4.83. The number of amides is 1. The largest absolute Gasteiger partial charge is 0.466 e. The maximum atomic E-state index is 12.7. The van der Waals surface area contributed by atoms with Gasteiger partial charge in [0.2, 0.25) is 0 Å². The van der Waals surface area contributed by atoms with Gasteiger partial charge in [-0.25, -0.2) is 4.79 Å². The number of piperidine rings is 1. The number of anilines is 1. The summed E-state index contributed by atoms with van der Waals surface area (Å²) in [4.78, 5) is 28.7. The van der Waals surface area contributed by atoms with Crippen LogP contribution in [0.15, 0.2) is 35.5 Å². The number of ether oxygens (including phenoxy) is 1. The Hall–Kier alpha value is -2.38. The number of aliphatic hydroxyl groups excluding tert-OH is 1. The molecule has 2 heterocycles. The van der Waals surface area contributed by atoms with Crippen molar-refractivity contribution >= 4 is 17.6 Å². The second kappa shape index (κ2) is 9.21. The van der Waals surface area contributed by atoms with Gasteiger partial charge in [0.15, 0.2) is 0 Å². The van der Waals surface area contributed by atoms with Crippen molar-refractivity contribution in [2.24, 2.45) is 0 Å². The zero-order chi connectivity index (χ0) is 20.1. The van der Waals surface area contributed by atoms with Gasteiger partial charge < -0.3 is 20.1 Å². The Morgan fingerprint density at radius 1 is 1.36 bits per heavy atom. The van der Waals surface area contributed by atoms with Crippen LogP contribution in [0.1, 0.15) is 31.7 Å². The number of likely N-dealkylation sites (tertiary alicyclic amines) is 1. The van der Waals surface area contributed by atoms with E-state index in [9.17, 15) is 9.59 Å². The second-order valence-corrected chi connectivity index (χ2v) is 7.44. The minimum Gasteiger partial charge on any atom is -0.466 e. The molecule has 1 aromatic rings. The van der Waals surface area contributed by atoms with Crippen LogP contribution in [-0.2, 0) is 20.9 Å². The first-order valence-corrected chi connectivity index (χ1v) is 9.85. The molecule has 0 saturated carbocycles. The molecule has 0 radical (unpaired) electrons. The number of nitrogens with one attached hydrogen (secondary N) is 1. The van der Waals surface area contributed by atoms with E-state index >= 15 is 0 Å². The summed E-state index contributed by atoms with van der Waals surface area (Å²) in [6, 6.07) is 8.51. The molecule has 0 aliphatic carbocycles. The number of hydrogen-bond acceptors (Lipinski definition) is 6. The maximum absolute atomic E-state index is 12.7. The van der Waals surface area contributed by atoms with E-state index in [-0.39, 0.29) is 36.9 Å². The number of hydrogen-bond donors (Lipinski definition) is 2. The Morgan fingerprint density at radius 3 is 2.89 bits per heavy atom. The first-order chi connectivity index (χ1) is 13.5. The maximum Gasteiger partial charge on any atom is 0.337 e. The van der Waals surface area contributed by atoms with Crippen LogP contribution in [0.3, 0.4) is 0 Å². The smallest absolute Gasteiger partial charge is 0.337 e. The average Bonchev–Trinajstić information content (AvgIpc) is 3.00.